The van der Waals surface area contributed by atoms with E-state index in [1.807, 2.05) is 6.07 Å². The van der Waals surface area contributed by atoms with Crippen LogP contribution in [0.25, 0.3) is 0 Å². The van der Waals surface area contributed by atoms with E-state index in [4.69, 9.17) is 14.7 Å². The lowest BCUT2D eigenvalue weighted by Crippen LogP contribution is -2.00. The second kappa shape index (κ2) is 3.54. The molecular weight excluding hydrogens is 180 g/mol. The van der Waals surface area contributed by atoms with Gasteiger partial charge in [-0.05, 0) is 12.8 Å². The van der Waals surface area contributed by atoms with Gasteiger partial charge in [0.2, 0.25) is 0 Å². The van der Waals surface area contributed by atoms with Crippen LogP contribution in [0.4, 0.5) is 0 Å². The number of hydrogen-bond donors (Lipinski definition) is 0. The zero-order valence-electron chi connectivity index (χ0n) is 7.86. The number of nitriles is 1. The minimum Gasteiger partial charge on any atom is -0.485 e. The van der Waals surface area contributed by atoms with Gasteiger partial charge in [-0.2, -0.15) is 5.26 Å². The Morgan fingerprint density at radius 2 is 2.36 bits per heavy atom. The van der Waals surface area contributed by atoms with E-state index in [2.05, 4.69) is 4.98 Å². The molecule has 14 heavy (non-hydrogen) atoms. The van der Waals surface area contributed by atoms with Crippen molar-refractivity contribution in [2.45, 2.75) is 18.9 Å². The van der Waals surface area contributed by atoms with Crippen molar-refractivity contribution in [1.82, 2.24) is 4.98 Å². The van der Waals surface area contributed by atoms with Gasteiger partial charge in [0, 0.05) is 12.3 Å². The van der Waals surface area contributed by atoms with Crippen LogP contribution < -0.4 is 9.47 Å². The quantitative estimate of drug-likeness (QED) is 0.724. The third-order valence-corrected chi connectivity index (χ3v) is 1.96. The first kappa shape index (κ1) is 8.82. The second-order valence-corrected chi connectivity index (χ2v) is 3.16. The Kier molecular flexibility index (Phi) is 2.23. The Morgan fingerprint density at radius 3 is 2.93 bits per heavy atom. The minimum absolute atomic E-state index is 0.277. The summed E-state index contributed by atoms with van der Waals surface area (Å²) in [5.41, 5.74) is 0.487. The molecule has 1 aliphatic rings. The van der Waals surface area contributed by atoms with Crippen molar-refractivity contribution in [2.75, 3.05) is 7.11 Å². The van der Waals surface area contributed by atoms with Gasteiger partial charge in [-0.1, -0.05) is 0 Å². The summed E-state index contributed by atoms with van der Waals surface area (Å²) in [6.07, 6.45) is 3.89. The maximum absolute atomic E-state index is 8.69. The topological polar surface area (TPSA) is 55.1 Å². The SMILES string of the molecule is COc1ncc(C#N)cc1OC1CC1. The number of methoxy groups -OCH3 is 1. The Labute approximate surface area is 82.1 Å². The molecular formula is C10H10N2O2. The average Bonchev–Trinajstić information content (AvgIpc) is 3.01. The molecule has 0 radical (unpaired) electrons. The lowest BCUT2D eigenvalue weighted by atomic mass is 10.3. The highest BCUT2D eigenvalue weighted by atomic mass is 16.5. The zero-order valence-corrected chi connectivity index (χ0v) is 7.86. The van der Waals surface area contributed by atoms with Crippen LogP contribution in [0.3, 0.4) is 0 Å². The first-order chi connectivity index (χ1) is 6.83. The van der Waals surface area contributed by atoms with E-state index in [1.165, 1.54) is 13.3 Å². The number of ether oxygens (including phenoxy) is 2. The van der Waals surface area contributed by atoms with Crippen LogP contribution >= 0.6 is 0 Å². The molecule has 1 aromatic heterocycles. The van der Waals surface area contributed by atoms with E-state index in [0.717, 1.165) is 12.8 Å². The van der Waals surface area contributed by atoms with Gasteiger partial charge in [0.25, 0.3) is 5.88 Å². The van der Waals surface area contributed by atoms with Gasteiger partial charge in [-0.3, -0.25) is 0 Å². The van der Waals surface area contributed by atoms with Crippen LogP contribution in [-0.4, -0.2) is 18.2 Å². The molecule has 0 N–H and O–H groups in total. The molecule has 0 unspecified atom stereocenters. The van der Waals surface area contributed by atoms with Gasteiger partial charge in [-0.25, -0.2) is 4.98 Å². The first-order valence-corrected chi connectivity index (χ1v) is 4.44. The molecule has 2 rings (SSSR count). The highest BCUT2D eigenvalue weighted by Gasteiger charge is 2.25. The van der Waals surface area contributed by atoms with Gasteiger partial charge in [0.05, 0.1) is 18.8 Å². The summed E-state index contributed by atoms with van der Waals surface area (Å²) in [5, 5.41) is 8.69. The fourth-order valence-corrected chi connectivity index (χ4v) is 1.10. The summed E-state index contributed by atoms with van der Waals surface area (Å²) in [7, 11) is 1.54. The molecule has 0 aliphatic heterocycles. The smallest absolute Gasteiger partial charge is 0.256 e. The molecule has 0 amide bonds. The van der Waals surface area contributed by atoms with E-state index in [0.29, 0.717) is 17.2 Å². The third kappa shape index (κ3) is 1.77. The van der Waals surface area contributed by atoms with Crippen LogP contribution in [0.2, 0.25) is 0 Å². The number of rotatable bonds is 3. The molecule has 0 bridgehead atoms. The van der Waals surface area contributed by atoms with Crippen LogP contribution in [0, 0.1) is 11.3 Å². The number of nitrogens with zero attached hydrogens (tertiary/aromatic N) is 2. The van der Waals surface area contributed by atoms with Crippen molar-refractivity contribution in [1.29, 1.82) is 5.26 Å². The second-order valence-electron chi connectivity index (χ2n) is 3.16. The van der Waals surface area contributed by atoms with Crippen LogP contribution in [0.1, 0.15) is 18.4 Å². The maximum Gasteiger partial charge on any atom is 0.256 e. The molecule has 72 valence electrons. The Morgan fingerprint density at radius 1 is 1.57 bits per heavy atom. The van der Waals surface area contributed by atoms with Crippen LogP contribution in [-0.2, 0) is 0 Å². The summed E-state index contributed by atoms with van der Waals surface area (Å²) in [6.45, 7) is 0. The fraction of sp³-hybridized carbons (Fsp3) is 0.400. The van der Waals surface area contributed by atoms with Gasteiger partial charge >= 0.3 is 0 Å². The van der Waals surface area contributed by atoms with Crippen molar-refractivity contribution in [3.05, 3.63) is 17.8 Å². The summed E-state index contributed by atoms with van der Waals surface area (Å²) >= 11 is 0. The van der Waals surface area contributed by atoms with E-state index in [-0.39, 0.29) is 6.10 Å². The molecule has 4 nitrogen and oxygen atoms in total. The molecule has 0 spiro atoms. The number of pyridine rings is 1. The highest BCUT2D eigenvalue weighted by Crippen LogP contribution is 2.32. The Hall–Kier alpha value is -1.76. The predicted octanol–water partition coefficient (Wildman–Crippen LogP) is 1.50. The molecule has 0 aromatic carbocycles. The van der Waals surface area contributed by atoms with E-state index in [1.54, 1.807) is 6.07 Å². The average molecular weight is 190 g/mol. The van der Waals surface area contributed by atoms with Gasteiger partial charge < -0.3 is 9.47 Å². The van der Waals surface area contributed by atoms with Crippen molar-refractivity contribution < 1.29 is 9.47 Å². The van der Waals surface area contributed by atoms with Crippen LogP contribution in [0.5, 0.6) is 11.6 Å². The van der Waals surface area contributed by atoms with Crippen molar-refractivity contribution in [2.24, 2.45) is 0 Å². The first-order valence-electron chi connectivity index (χ1n) is 4.44. The van der Waals surface area contributed by atoms with Gasteiger partial charge in [0.1, 0.15) is 6.07 Å². The lowest BCUT2D eigenvalue weighted by Gasteiger charge is -2.08. The maximum atomic E-state index is 8.69. The molecule has 1 saturated carbocycles. The summed E-state index contributed by atoms with van der Waals surface area (Å²) < 4.78 is 10.6. The fourth-order valence-electron chi connectivity index (χ4n) is 1.10. The summed E-state index contributed by atoms with van der Waals surface area (Å²) in [6, 6.07) is 3.67. The highest BCUT2D eigenvalue weighted by molar-refractivity contribution is 5.41. The lowest BCUT2D eigenvalue weighted by molar-refractivity contribution is 0.277. The van der Waals surface area contributed by atoms with Gasteiger partial charge in [0.15, 0.2) is 5.75 Å². The standard InChI is InChI=1S/C10H10N2O2/c1-13-10-9(14-8-2-3-8)4-7(5-11)6-12-10/h4,6,8H,2-3H2,1H3. The van der Waals surface area contributed by atoms with Gasteiger partial charge in [-0.15, -0.1) is 0 Å². The zero-order chi connectivity index (χ0) is 9.97. The largest absolute Gasteiger partial charge is 0.485 e. The van der Waals surface area contributed by atoms with E-state index in [9.17, 15) is 0 Å². The Balaban J connectivity index is 2.27. The van der Waals surface area contributed by atoms with Crippen molar-refractivity contribution in [3.63, 3.8) is 0 Å². The molecule has 1 aromatic rings. The monoisotopic (exact) mass is 190 g/mol. The molecule has 4 heteroatoms. The van der Waals surface area contributed by atoms with E-state index >= 15 is 0 Å². The van der Waals surface area contributed by atoms with Crippen molar-refractivity contribution in [3.8, 4) is 17.7 Å². The summed E-state index contributed by atoms with van der Waals surface area (Å²) in [5.74, 6) is 1.00. The molecule has 1 fully saturated rings. The normalized spacial score (nSPS) is 14.6. The third-order valence-electron chi connectivity index (χ3n) is 1.96. The summed E-state index contributed by atoms with van der Waals surface area (Å²) in [4.78, 5) is 3.98. The predicted molar refractivity (Wildman–Crippen MR) is 49.2 cm³/mol. The Bertz CT molecular complexity index is 380. The minimum atomic E-state index is 0.277. The number of aromatic nitrogens is 1. The molecule has 0 saturated heterocycles. The molecule has 1 aliphatic carbocycles. The van der Waals surface area contributed by atoms with Crippen LogP contribution in [0.15, 0.2) is 12.3 Å². The number of hydrogen-bond acceptors (Lipinski definition) is 4. The van der Waals surface area contributed by atoms with E-state index < -0.39 is 0 Å². The molecule has 0 atom stereocenters. The molecule has 1 heterocycles. The van der Waals surface area contributed by atoms with Crippen molar-refractivity contribution >= 4 is 0 Å².